The number of anilines is 1. The molecule has 4 N–H and O–H groups in total. The Morgan fingerprint density at radius 1 is 1.50 bits per heavy atom. The fourth-order valence-electron chi connectivity index (χ4n) is 1.54. The number of benzene rings is 1. The highest BCUT2D eigenvalue weighted by Crippen LogP contribution is 2.25. The number of hydrogen-bond acceptors (Lipinski definition) is 5. The van der Waals surface area contributed by atoms with E-state index in [1.807, 2.05) is 30.5 Å². The summed E-state index contributed by atoms with van der Waals surface area (Å²) in [6, 6.07) is 7.95. The van der Waals surface area contributed by atoms with Crippen molar-refractivity contribution in [1.82, 2.24) is 15.2 Å². The molecule has 1 aromatic carbocycles. The normalized spacial score (nSPS) is 12.3. The Morgan fingerprint density at radius 3 is 2.94 bits per heavy atom. The summed E-state index contributed by atoms with van der Waals surface area (Å²) in [5, 5.41) is 19.6. The average Bonchev–Trinajstić information content (AvgIpc) is 2.83. The number of nitrogens with zero attached hydrogens (tertiary/aromatic N) is 1. The number of para-hydroxylation sites is 1. The molecule has 7 heteroatoms. The molecule has 0 spiro atoms. The van der Waals surface area contributed by atoms with Gasteiger partial charge in [-0.25, -0.2) is 0 Å². The molecular formula is C11H14N4OS2. The Balaban J connectivity index is 2.01. The van der Waals surface area contributed by atoms with Crippen LogP contribution in [-0.2, 0) is 0 Å². The van der Waals surface area contributed by atoms with E-state index in [2.05, 4.69) is 20.5 Å². The fraction of sp³-hybridized carbons (Fsp3) is 0.273. The first-order valence-corrected chi connectivity index (χ1v) is 7.03. The van der Waals surface area contributed by atoms with Crippen molar-refractivity contribution >= 4 is 29.7 Å². The lowest BCUT2D eigenvalue weighted by Crippen LogP contribution is -2.13. The number of nitrogens with one attached hydrogen (secondary N) is 3. The quantitative estimate of drug-likeness (QED) is 0.500. The summed E-state index contributed by atoms with van der Waals surface area (Å²) in [5.41, 5.74) is 0.998. The van der Waals surface area contributed by atoms with E-state index in [1.165, 1.54) is 0 Å². The van der Waals surface area contributed by atoms with Crippen LogP contribution >= 0.6 is 24.0 Å². The zero-order valence-corrected chi connectivity index (χ0v) is 11.4. The number of hydrogen-bond donors (Lipinski definition) is 4. The van der Waals surface area contributed by atoms with Crippen molar-refractivity contribution in [1.29, 1.82) is 0 Å². The number of aliphatic hydroxyl groups excluding tert-OH is 1. The Kier molecular flexibility index (Phi) is 4.40. The molecule has 2 rings (SSSR count). The molecular weight excluding hydrogens is 268 g/mol. The van der Waals surface area contributed by atoms with E-state index in [1.54, 1.807) is 11.8 Å². The molecule has 18 heavy (non-hydrogen) atoms. The summed E-state index contributed by atoms with van der Waals surface area (Å²) in [6.45, 7) is 0.369. The van der Waals surface area contributed by atoms with Gasteiger partial charge in [0.25, 0.3) is 0 Å². The summed E-state index contributed by atoms with van der Waals surface area (Å²) in [6.07, 6.45) is 1.29. The average molecular weight is 282 g/mol. The van der Waals surface area contributed by atoms with Crippen LogP contribution in [0.4, 0.5) is 5.69 Å². The van der Waals surface area contributed by atoms with Gasteiger partial charge >= 0.3 is 0 Å². The first kappa shape index (κ1) is 13.1. The van der Waals surface area contributed by atoms with Gasteiger partial charge in [-0.1, -0.05) is 12.1 Å². The van der Waals surface area contributed by atoms with Crippen LogP contribution in [-0.4, -0.2) is 33.1 Å². The van der Waals surface area contributed by atoms with Gasteiger partial charge in [-0.3, -0.25) is 5.10 Å². The molecule has 0 aliphatic carbocycles. The van der Waals surface area contributed by atoms with Crippen molar-refractivity contribution in [2.45, 2.75) is 11.0 Å². The topological polar surface area (TPSA) is 76.7 Å². The molecule has 0 fully saturated rings. The Morgan fingerprint density at radius 2 is 2.28 bits per heavy atom. The predicted molar refractivity (Wildman–Crippen MR) is 75.4 cm³/mol. The molecule has 1 aromatic heterocycles. The van der Waals surface area contributed by atoms with E-state index in [-0.39, 0.29) is 0 Å². The van der Waals surface area contributed by atoms with Gasteiger partial charge in [0.15, 0.2) is 10.6 Å². The number of thioether (sulfide) groups is 1. The Labute approximate surface area is 114 Å². The molecule has 1 unspecified atom stereocenters. The zero-order chi connectivity index (χ0) is 13.0. The fourth-order valence-corrected chi connectivity index (χ4v) is 2.26. The van der Waals surface area contributed by atoms with Crippen LogP contribution in [0.1, 0.15) is 11.9 Å². The molecule has 0 saturated heterocycles. The number of aromatic amines is 2. The third kappa shape index (κ3) is 3.12. The lowest BCUT2D eigenvalue weighted by Gasteiger charge is -2.12. The summed E-state index contributed by atoms with van der Waals surface area (Å²) >= 11 is 6.52. The second kappa shape index (κ2) is 6.03. The maximum Gasteiger partial charge on any atom is 0.192 e. The highest BCUT2D eigenvalue weighted by molar-refractivity contribution is 7.98. The van der Waals surface area contributed by atoms with Gasteiger partial charge in [-0.15, -0.1) is 11.8 Å². The highest BCUT2D eigenvalue weighted by atomic mass is 32.2. The van der Waals surface area contributed by atoms with Crippen molar-refractivity contribution in [3.05, 3.63) is 34.9 Å². The Bertz CT molecular complexity index is 566. The molecule has 0 radical (unpaired) electrons. The van der Waals surface area contributed by atoms with Crippen LogP contribution < -0.4 is 5.32 Å². The molecule has 5 nitrogen and oxygen atoms in total. The van der Waals surface area contributed by atoms with Crippen LogP contribution in [0.3, 0.4) is 0 Å². The van der Waals surface area contributed by atoms with E-state index in [0.717, 1.165) is 10.6 Å². The van der Waals surface area contributed by atoms with E-state index < -0.39 is 6.10 Å². The van der Waals surface area contributed by atoms with Crippen molar-refractivity contribution < 1.29 is 5.11 Å². The third-order valence-electron chi connectivity index (χ3n) is 2.43. The van der Waals surface area contributed by atoms with Gasteiger partial charge < -0.3 is 15.4 Å². The Hall–Kier alpha value is -1.31. The monoisotopic (exact) mass is 282 g/mol. The molecule has 0 aliphatic heterocycles. The minimum atomic E-state index is -0.729. The molecule has 0 saturated carbocycles. The van der Waals surface area contributed by atoms with E-state index in [0.29, 0.717) is 17.1 Å². The zero-order valence-electron chi connectivity index (χ0n) is 9.80. The third-order valence-corrected chi connectivity index (χ3v) is 3.42. The van der Waals surface area contributed by atoms with Crippen molar-refractivity contribution in [2.75, 3.05) is 18.1 Å². The first-order valence-electron chi connectivity index (χ1n) is 5.40. The molecule has 0 bridgehead atoms. The lowest BCUT2D eigenvalue weighted by atomic mass is 10.3. The SMILES string of the molecule is CSc1ccccc1NCC(O)c1n[nH]c(=S)[nH]1. The van der Waals surface area contributed by atoms with Crippen molar-refractivity contribution in [2.24, 2.45) is 0 Å². The van der Waals surface area contributed by atoms with E-state index in [9.17, 15) is 5.11 Å². The minimum Gasteiger partial charge on any atom is -0.383 e. The number of rotatable bonds is 5. The second-order valence-corrected chi connectivity index (χ2v) is 4.92. The molecule has 0 aliphatic rings. The highest BCUT2D eigenvalue weighted by Gasteiger charge is 2.11. The van der Waals surface area contributed by atoms with Crippen LogP contribution in [0.15, 0.2) is 29.2 Å². The standard InChI is InChI=1S/C11H14N4OS2/c1-18-9-5-3-2-4-7(9)12-6-8(16)10-13-11(17)15-14-10/h2-5,8,12,16H,6H2,1H3,(H2,13,14,15,17). The lowest BCUT2D eigenvalue weighted by molar-refractivity contribution is 0.182. The minimum absolute atomic E-state index is 0.369. The van der Waals surface area contributed by atoms with Gasteiger partial charge in [-0.05, 0) is 30.6 Å². The number of aromatic nitrogens is 3. The summed E-state index contributed by atoms with van der Waals surface area (Å²) in [5.74, 6) is 0.439. The van der Waals surface area contributed by atoms with Crippen LogP contribution in [0, 0.1) is 4.77 Å². The largest absolute Gasteiger partial charge is 0.383 e. The van der Waals surface area contributed by atoms with Gasteiger partial charge in [0.1, 0.15) is 6.10 Å². The van der Waals surface area contributed by atoms with Gasteiger partial charge in [-0.2, -0.15) is 5.10 Å². The summed E-state index contributed by atoms with van der Waals surface area (Å²) < 4.78 is 0.411. The van der Waals surface area contributed by atoms with Gasteiger partial charge in [0, 0.05) is 17.1 Å². The molecule has 1 heterocycles. The molecule has 1 atom stereocenters. The van der Waals surface area contributed by atoms with E-state index >= 15 is 0 Å². The predicted octanol–water partition coefficient (Wildman–Crippen LogP) is 2.33. The smallest absolute Gasteiger partial charge is 0.192 e. The second-order valence-electron chi connectivity index (χ2n) is 3.66. The van der Waals surface area contributed by atoms with Crippen LogP contribution in [0.5, 0.6) is 0 Å². The molecule has 2 aromatic rings. The maximum absolute atomic E-state index is 9.93. The summed E-state index contributed by atoms with van der Waals surface area (Å²) in [4.78, 5) is 3.93. The number of H-pyrrole nitrogens is 2. The first-order chi connectivity index (χ1) is 8.70. The van der Waals surface area contributed by atoms with E-state index in [4.69, 9.17) is 12.2 Å². The van der Waals surface area contributed by atoms with Crippen LogP contribution in [0.25, 0.3) is 0 Å². The van der Waals surface area contributed by atoms with Crippen molar-refractivity contribution in [3.63, 3.8) is 0 Å². The van der Waals surface area contributed by atoms with Crippen LogP contribution in [0.2, 0.25) is 0 Å². The maximum atomic E-state index is 9.93. The molecule has 0 amide bonds. The summed E-state index contributed by atoms with van der Waals surface area (Å²) in [7, 11) is 0. The number of aliphatic hydroxyl groups is 1. The van der Waals surface area contributed by atoms with Gasteiger partial charge in [0.2, 0.25) is 0 Å². The van der Waals surface area contributed by atoms with Gasteiger partial charge in [0.05, 0.1) is 0 Å². The molecule has 96 valence electrons. The van der Waals surface area contributed by atoms with Crippen molar-refractivity contribution in [3.8, 4) is 0 Å².